The van der Waals surface area contributed by atoms with E-state index in [1.54, 1.807) is 37.3 Å². The lowest BCUT2D eigenvalue weighted by Gasteiger charge is -2.34. The maximum absolute atomic E-state index is 12.1. The zero-order valence-corrected chi connectivity index (χ0v) is 12.0. The Hall–Kier alpha value is -2.23. The topological polar surface area (TPSA) is 60.4 Å². The number of Topliss-reactive ketones (excluding diaryl/α,β-unsaturated/α-hetero) is 1. The Kier molecular flexibility index (Phi) is 4.36. The van der Waals surface area contributed by atoms with Crippen LogP contribution in [0.3, 0.4) is 0 Å². The highest BCUT2D eigenvalue weighted by Gasteiger charge is 2.49. The Morgan fingerprint density at radius 2 is 2.10 bits per heavy atom. The first-order chi connectivity index (χ1) is 10.0. The van der Waals surface area contributed by atoms with Crippen LogP contribution in [-0.4, -0.2) is 24.1 Å². The zero-order chi connectivity index (χ0) is 15.5. The summed E-state index contributed by atoms with van der Waals surface area (Å²) in [6.07, 6.45) is 2.02. The molecule has 0 saturated heterocycles. The monoisotopic (exact) mass is 286 g/mol. The number of esters is 1. The largest absolute Gasteiger partial charge is 0.454 e. The molecular weight excluding hydrogens is 268 g/mol. The van der Waals surface area contributed by atoms with Gasteiger partial charge in [-0.05, 0) is 12.1 Å². The van der Waals surface area contributed by atoms with Gasteiger partial charge in [-0.3, -0.25) is 4.79 Å². The zero-order valence-electron chi connectivity index (χ0n) is 12.0. The van der Waals surface area contributed by atoms with Crippen LogP contribution in [0.1, 0.15) is 30.1 Å². The number of rotatable bonds is 5. The summed E-state index contributed by atoms with van der Waals surface area (Å²) in [5, 5.41) is 0. The Balaban J connectivity index is 2.20. The van der Waals surface area contributed by atoms with E-state index in [2.05, 4.69) is 6.58 Å². The second kappa shape index (κ2) is 6.04. The normalized spacial score (nSPS) is 26.1. The highest BCUT2D eigenvalue weighted by molar-refractivity contribution is 5.90. The average Bonchev–Trinajstić information content (AvgIpc) is 2.80. The van der Waals surface area contributed by atoms with Gasteiger partial charge in [-0.1, -0.05) is 37.8 Å². The predicted molar refractivity (Wildman–Crippen MR) is 77.7 cm³/mol. The molecule has 1 aliphatic carbocycles. The molecule has 0 aromatic heterocycles. The van der Waals surface area contributed by atoms with E-state index in [4.69, 9.17) is 4.74 Å². The number of hydrogen-bond donors (Lipinski definition) is 0. The van der Waals surface area contributed by atoms with Crippen LogP contribution < -0.4 is 0 Å². The molecule has 4 nitrogen and oxygen atoms in total. The van der Waals surface area contributed by atoms with E-state index in [0.717, 1.165) is 6.29 Å². The molecule has 2 rings (SSSR count). The third-order valence-corrected chi connectivity index (χ3v) is 4.14. The van der Waals surface area contributed by atoms with E-state index in [9.17, 15) is 14.4 Å². The number of ether oxygens (including phenoxy) is 1. The molecule has 1 aliphatic rings. The first kappa shape index (κ1) is 15.2. The summed E-state index contributed by atoms with van der Waals surface area (Å²) in [5.41, 5.74) is -0.287. The smallest absolute Gasteiger partial charge is 0.338 e. The van der Waals surface area contributed by atoms with Crippen LogP contribution in [-0.2, 0) is 14.3 Å². The molecule has 110 valence electrons. The lowest BCUT2D eigenvalue weighted by Crippen LogP contribution is -2.38. The number of ketones is 1. The van der Waals surface area contributed by atoms with Gasteiger partial charge in [0.15, 0.2) is 0 Å². The number of carbonyl (C=O) groups excluding carboxylic acids is 3. The van der Waals surface area contributed by atoms with Gasteiger partial charge in [-0.25, -0.2) is 4.79 Å². The van der Waals surface area contributed by atoms with Gasteiger partial charge in [-0.2, -0.15) is 0 Å². The van der Waals surface area contributed by atoms with Gasteiger partial charge in [-0.15, -0.1) is 0 Å². The Labute approximate surface area is 123 Å². The molecule has 3 atom stereocenters. The first-order valence-electron chi connectivity index (χ1n) is 6.87. The van der Waals surface area contributed by atoms with E-state index >= 15 is 0 Å². The van der Waals surface area contributed by atoms with Gasteiger partial charge in [0.1, 0.15) is 18.2 Å². The minimum Gasteiger partial charge on any atom is -0.454 e. The molecule has 0 aliphatic heterocycles. The summed E-state index contributed by atoms with van der Waals surface area (Å²) >= 11 is 0. The molecule has 1 fully saturated rings. The van der Waals surface area contributed by atoms with Crippen LogP contribution in [0, 0.1) is 11.3 Å². The molecule has 0 heterocycles. The molecular formula is C17H18O4. The standard InChI is InChI=1S/C17H18O4/c1-3-15(17(2)10-14(19)9-13(17)11-18)21-16(20)12-7-5-4-6-8-12/h3-8,11,13,15H,1,9-10H2,2H3/t13-,15-,17-/m1/s1. The number of carbonyl (C=O) groups is 3. The fourth-order valence-corrected chi connectivity index (χ4v) is 2.83. The van der Waals surface area contributed by atoms with Crippen LogP contribution in [0.15, 0.2) is 43.0 Å². The van der Waals surface area contributed by atoms with Crippen molar-refractivity contribution in [2.45, 2.75) is 25.9 Å². The van der Waals surface area contributed by atoms with Crippen molar-refractivity contribution in [2.75, 3.05) is 0 Å². The highest BCUT2D eigenvalue weighted by Crippen LogP contribution is 2.44. The second-order valence-electron chi connectivity index (χ2n) is 5.60. The van der Waals surface area contributed by atoms with Crippen LogP contribution in [0.5, 0.6) is 0 Å². The maximum Gasteiger partial charge on any atom is 0.338 e. The van der Waals surface area contributed by atoms with E-state index < -0.39 is 23.4 Å². The van der Waals surface area contributed by atoms with Gasteiger partial charge in [0.05, 0.1) is 5.56 Å². The van der Waals surface area contributed by atoms with Gasteiger partial charge < -0.3 is 9.53 Å². The van der Waals surface area contributed by atoms with Gasteiger partial charge in [0.2, 0.25) is 0 Å². The maximum atomic E-state index is 12.1. The molecule has 0 spiro atoms. The van der Waals surface area contributed by atoms with Gasteiger partial charge in [0, 0.05) is 24.2 Å². The third kappa shape index (κ3) is 2.94. The quantitative estimate of drug-likeness (QED) is 0.474. The van der Waals surface area contributed by atoms with Crippen LogP contribution in [0.2, 0.25) is 0 Å². The molecule has 0 radical (unpaired) electrons. The predicted octanol–water partition coefficient (Wildman–Crippen LogP) is 2.58. The summed E-state index contributed by atoms with van der Waals surface area (Å²) in [4.78, 5) is 35.0. The Bertz CT molecular complexity index is 563. The fraction of sp³-hybridized carbons (Fsp3) is 0.353. The molecule has 1 saturated carbocycles. The van der Waals surface area contributed by atoms with Crippen molar-refractivity contribution < 1.29 is 19.1 Å². The SMILES string of the molecule is C=C[C@@H](OC(=O)c1ccccc1)[C@]1(C)CC(=O)C[C@@H]1C=O. The molecule has 0 bridgehead atoms. The van der Waals surface area contributed by atoms with Crippen molar-refractivity contribution in [3.05, 3.63) is 48.6 Å². The second-order valence-corrected chi connectivity index (χ2v) is 5.60. The van der Waals surface area contributed by atoms with Crippen LogP contribution >= 0.6 is 0 Å². The van der Waals surface area contributed by atoms with Gasteiger partial charge in [0.25, 0.3) is 0 Å². The highest BCUT2D eigenvalue weighted by atomic mass is 16.5. The van der Waals surface area contributed by atoms with Crippen molar-refractivity contribution >= 4 is 18.0 Å². The summed E-state index contributed by atoms with van der Waals surface area (Å²) in [6.45, 7) is 5.48. The van der Waals surface area contributed by atoms with Crippen LogP contribution in [0.4, 0.5) is 0 Å². The van der Waals surface area contributed by atoms with Crippen molar-refractivity contribution in [1.82, 2.24) is 0 Å². The Morgan fingerprint density at radius 1 is 1.43 bits per heavy atom. The summed E-state index contributed by atoms with van der Waals surface area (Å²) in [7, 11) is 0. The number of benzene rings is 1. The summed E-state index contributed by atoms with van der Waals surface area (Å²) < 4.78 is 5.48. The number of hydrogen-bond acceptors (Lipinski definition) is 4. The number of aldehydes is 1. The molecule has 1 aromatic carbocycles. The molecule has 1 aromatic rings. The van der Waals surface area contributed by atoms with E-state index in [1.807, 2.05) is 0 Å². The summed E-state index contributed by atoms with van der Waals surface area (Å²) in [6, 6.07) is 8.61. The molecule has 21 heavy (non-hydrogen) atoms. The van der Waals surface area contributed by atoms with Crippen LogP contribution in [0.25, 0.3) is 0 Å². The molecule has 4 heteroatoms. The third-order valence-electron chi connectivity index (χ3n) is 4.14. The minimum atomic E-state index is -0.717. The van der Waals surface area contributed by atoms with Crippen molar-refractivity contribution in [3.8, 4) is 0 Å². The van der Waals surface area contributed by atoms with Crippen molar-refractivity contribution in [2.24, 2.45) is 11.3 Å². The van der Waals surface area contributed by atoms with Gasteiger partial charge >= 0.3 is 5.97 Å². The molecule has 0 amide bonds. The van der Waals surface area contributed by atoms with E-state index in [1.165, 1.54) is 6.08 Å². The summed E-state index contributed by atoms with van der Waals surface area (Å²) in [5.74, 6) is -0.917. The van der Waals surface area contributed by atoms with E-state index in [-0.39, 0.29) is 18.6 Å². The average molecular weight is 286 g/mol. The minimum absolute atomic E-state index is 0.0113. The lowest BCUT2D eigenvalue weighted by molar-refractivity contribution is -0.119. The fourth-order valence-electron chi connectivity index (χ4n) is 2.83. The molecule has 0 unspecified atom stereocenters. The van der Waals surface area contributed by atoms with Crippen molar-refractivity contribution in [3.63, 3.8) is 0 Å². The Morgan fingerprint density at radius 3 is 2.67 bits per heavy atom. The van der Waals surface area contributed by atoms with Crippen molar-refractivity contribution in [1.29, 1.82) is 0 Å². The lowest BCUT2D eigenvalue weighted by atomic mass is 9.75. The molecule has 0 N–H and O–H groups in total. The van der Waals surface area contributed by atoms with E-state index in [0.29, 0.717) is 5.56 Å². The first-order valence-corrected chi connectivity index (χ1v) is 6.87.